The molecule has 11 heavy (non-hydrogen) atoms. The first-order valence-corrected chi connectivity index (χ1v) is 8.56. The third kappa shape index (κ3) is 10.2. The van der Waals surface area contributed by atoms with E-state index >= 15 is 0 Å². The lowest BCUT2D eigenvalue weighted by atomic mass is 10.2. The van der Waals surface area contributed by atoms with Gasteiger partial charge in [-0.2, -0.15) is 0 Å². The van der Waals surface area contributed by atoms with Crippen LogP contribution in [0.5, 0.6) is 0 Å². The Labute approximate surface area is 73.4 Å². The molecule has 0 N–H and O–H groups in total. The van der Waals surface area contributed by atoms with Gasteiger partial charge in [0.1, 0.15) is 0 Å². The summed E-state index contributed by atoms with van der Waals surface area (Å²) in [5, 5.41) is 0. The van der Waals surface area contributed by atoms with Crippen LogP contribution < -0.4 is 0 Å². The second-order valence-corrected chi connectivity index (χ2v) is 10.2. The Bertz CT molecular complexity index is 81.4. The summed E-state index contributed by atoms with van der Waals surface area (Å²) < 4.78 is 0. The Kier molecular flexibility index (Phi) is 5.93. The highest BCUT2D eigenvalue weighted by atomic mass is 28.3. The number of hydrogen-bond donors (Lipinski definition) is 0. The zero-order valence-corrected chi connectivity index (χ0v) is 9.45. The second-order valence-electron chi connectivity index (χ2n) is 4.58. The van der Waals surface area contributed by atoms with Gasteiger partial charge in [-0.15, -0.1) is 0 Å². The van der Waals surface area contributed by atoms with E-state index in [0.29, 0.717) is 0 Å². The van der Waals surface area contributed by atoms with Gasteiger partial charge in [0, 0.05) is 8.07 Å². The van der Waals surface area contributed by atoms with Gasteiger partial charge in [0.05, 0.1) is 0 Å². The van der Waals surface area contributed by atoms with Crippen LogP contribution in [0, 0.1) is 6.92 Å². The Balaban J connectivity index is 3.02. The molecule has 0 bridgehead atoms. The lowest BCUT2D eigenvalue weighted by Crippen LogP contribution is -2.18. The molecule has 0 saturated heterocycles. The zero-order chi connectivity index (χ0) is 8.74. The van der Waals surface area contributed by atoms with Crippen LogP contribution in [0.2, 0.25) is 25.7 Å². The summed E-state index contributed by atoms with van der Waals surface area (Å²) in [4.78, 5) is 0. The molecule has 67 valence electrons. The summed E-state index contributed by atoms with van der Waals surface area (Å²) in [6.07, 6.45) is 6.72. The standard InChI is InChI=1S/C10H23Si/c1-5-6-7-8-9-10-11(2,3)4/h1,5-10H2,2-4H3. The van der Waals surface area contributed by atoms with Crippen LogP contribution in [0.1, 0.15) is 32.1 Å². The van der Waals surface area contributed by atoms with Crippen molar-refractivity contribution < 1.29 is 0 Å². The van der Waals surface area contributed by atoms with Gasteiger partial charge in [-0.3, -0.25) is 0 Å². The van der Waals surface area contributed by atoms with Gasteiger partial charge in [-0.05, 0) is 0 Å². The second kappa shape index (κ2) is 5.82. The highest BCUT2D eigenvalue weighted by Gasteiger charge is 2.10. The van der Waals surface area contributed by atoms with E-state index in [1.165, 1.54) is 31.7 Å². The predicted molar refractivity (Wildman–Crippen MR) is 56.6 cm³/mol. The first-order chi connectivity index (χ1) is 5.06. The first kappa shape index (κ1) is 11.2. The van der Waals surface area contributed by atoms with Crippen molar-refractivity contribution in [3.8, 4) is 0 Å². The fourth-order valence-corrected chi connectivity index (χ4v) is 2.50. The molecule has 1 radical (unpaired) electrons. The number of unbranched alkanes of at least 4 members (excludes halogenated alkanes) is 4. The van der Waals surface area contributed by atoms with Gasteiger partial charge in [-0.1, -0.05) is 64.7 Å². The topological polar surface area (TPSA) is 0 Å². The smallest absolute Gasteiger partial charge is 0.0442 e. The minimum Gasteiger partial charge on any atom is -0.0695 e. The lowest BCUT2D eigenvalue weighted by molar-refractivity contribution is 0.669. The average Bonchev–Trinajstić information content (AvgIpc) is 1.85. The largest absolute Gasteiger partial charge is 0.0695 e. The van der Waals surface area contributed by atoms with Gasteiger partial charge >= 0.3 is 0 Å². The molecule has 0 aromatic rings. The first-order valence-electron chi connectivity index (χ1n) is 4.85. The molecule has 0 aliphatic rings. The van der Waals surface area contributed by atoms with Gasteiger partial charge in [0.25, 0.3) is 0 Å². The molecule has 0 aromatic carbocycles. The molecule has 0 amide bonds. The van der Waals surface area contributed by atoms with E-state index < -0.39 is 8.07 Å². The molecule has 0 atom stereocenters. The average molecular weight is 171 g/mol. The monoisotopic (exact) mass is 171 g/mol. The Morgan fingerprint density at radius 3 is 1.91 bits per heavy atom. The zero-order valence-electron chi connectivity index (χ0n) is 8.45. The molecule has 0 aliphatic carbocycles. The molecule has 0 unspecified atom stereocenters. The summed E-state index contributed by atoms with van der Waals surface area (Å²) in [7, 11) is -0.733. The van der Waals surface area contributed by atoms with Gasteiger partial charge < -0.3 is 0 Å². The lowest BCUT2D eigenvalue weighted by Gasteiger charge is -2.14. The van der Waals surface area contributed by atoms with Crippen molar-refractivity contribution >= 4 is 8.07 Å². The van der Waals surface area contributed by atoms with E-state index in [0.717, 1.165) is 6.42 Å². The van der Waals surface area contributed by atoms with Gasteiger partial charge in [0.2, 0.25) is 0 Å². The quantitative estimate of drug-likeness (QED) is 0.417. The molecule has 0 rings (SSSR count). The third-order valence-corrected chi connectivity index (χ3v) is 3.78. The maximum Gasteiger partial charge on any atom is 0.0442 e. The van der Waals surface area contributed by atoms with E-state index in [-0.39, 0.29) is 0 Å². The maximum absolute atomic E-state index is 3.84. The van der Waals surface area contributed by atoms with Crippen molar-refractivity contribution in [1.82, 2.24) is 0 Å². The highest BCUT2D eigenvalue weighted by Crippen LogP contribution is 2.14. The molecular formula is C10H23Si. The molecule has 0 spiro atoms. The van der Waals surface area contributed by atoms with Crippen LogP contribution in [0.4, 0.5) is 0 Å². The van der Waals surface area contributed by atoms with Crippen LogP contribution >= 0.6 is 0 Å². The predicted octanol–water partition coefficient (Wildman–Crippen LogP) is 4.11. The van der Waals surface area contributed by atoms with Crippen molar-refractivity contribution in [3.05, 3.63) is 6.92 Å². The third-order valence-electron chi connectivity index (χ3n) is 1.93. The van der Waals surface area contributed by atoms with E-state index in [1.54, 1.807) is 0 Å². The molecule has 0 saturated carbocycles. The summed E-state index contributed by atoms with van der Waals surface area (Å²) in [6.45, 7) is 11.2. The maximum atomic E-state index is 3.84. The van der Waals surface area contributed by atoms with Crippen molar-refractivity contribution in [2.45, 2.75) is 57.8 Å². The SMILES string of the molecule is [CH2]CCCCCC[Si](C)(C)C. The molecule has 0 heterocycles. The van der Waals surface area contributed by atoms with Crippen LogP contribution in [0.25, 0.3) is 0 Å². The van der Waals surface area contributed by atoms with E-state index in [4.69, 9.17) is 0 Å². The van der Waals surface area contributed by atoms with Gasteiger partial charge in [-0.25, -0.2) is 0 Å². The summed E-state index contributed by atoms with van der Waals surface area (Å²) >= 11 is 0. The summed E-state index contributed by atoms with van der Waals surface area (Å²) in [6, 6.07) is 1.50. The Hall–Kier alpha value is 0.217. The molecule has 0 aromatic heterocycles. The van der Waals surface area contributed by atoms with Crippen LogP contribution in [0.15, 0.2) is 0 Å². The number of rotatable bonds is 6. The molecule has 0 nitrogen and oxygen atoms in total. The van der Waals surface area contributed by atoms with Crippen LogP contribution in [-0.4, -0.2) is 8.07 Å². The van der Waals surface area contributed by atoms with Crippen LogP contribution in [0.3, 0.4) is 0 Å². The van der Waals surface area contributed by atoms with Gasteiger partial charge in [0.15, 0.2) is 0 Å². The van der Waals surface area contributed by atoms with Crippen molar-refractivity contribution in [2.24, 2.45) is 0 Å². The minimum absolute atomic E-state index is 0.733. The highest BCUT2D eigenvalue weighted by molar-refractivity contribution is 6.76. The summed E-state index contributed by atoms with van der Waals surface area (Å²) in [5.74, 6) is 0. The van der Waals surface area contributed by atoms with Crippen molar-refractivity contribution in [1.29, 1.82) is 0 Å². The molecular weight excluding hydrogens is 148 g/mol. The Morgan fingerprint density at radius 2 is 1.45 bits per heavy atom. The summed E-state index contributed by atoms with van der Waals surface area (Å²) in [5.41, 5.74) is 0. The number of hydrogen-bond acceptors (Lipinski definition) is 0. The van der Waals surface area contributed by atoms with Crippen molar-refractivity contribution in [2.75, 3.05) is 0 Å². The van der Waals surface area contributed by atoms with Crippen LogP contribution in [-0.2, 0) is 0 Å². The molecule has 1 heteroatoms. The van der Waals surface area contributed by atoms with E-state index in [1.807, 2.05) is 0 Å². The normalized spacial score (nSPS) is 12.0. The van der Waals surface area contributed by atoms with Crippen molar-refractivity contribution in [3.63, 3.8) is 0 Å². The fourth-order valence-electron chi connectivity index (χ4n) is 1.19. The van der Waals surface area contributed by atoms with E-state index in [9.17, 15) is 0 Å². The molecule has 0 aliphatic heterocycles. The van der Waals surface area contributed by atoms with E-state index in [2.05, 4.69) is 26.6 Å². The Morgan fingerprint density at radius 1 is 0.909 bits per heavy atom. The molecule has 0 fully saturated rings. The fraction of sp³-hybridized carbons (Fsp3) is 0.900. The minimum atomic E-state index is -0.733.